The number of rotatable bonds is 5. The molecule has 1 unspecified atom stereocenters. The maximum atomic E-state index is 13.2. The smallest absolute Gasteiger partial charge is 0.227 e. The number of carbonyl (C=O) groups is 1. The Bertz CT molecular complexity index is 1270. The van der Waals surface area contributed by atoms with E-state index in [1.54, 1.807) is 7.11 Å². The van der Waals surface area contributed by atoms with Crippen LogP contribution in [0.1, 0.15) is 46.2 Å². The number of hydrogen-bond donors (Lipinski definition) is 0. The van der Waals surface area contributed by atoms with Crippen LogP contribution in [0.5, 0.6) is 5.88 Å². The first-order chi connectivity index (χ1) is 17.2. The number of methoxy groups -OCH3 is 1. The Kier molecular flexibility index (Phi) is 5.82. The number of benzene rings is 2. The second kappa shape index (κ2) is 9.27. The summed E-state index contributed by atoms with van der Waals surface area (Å²) in [4.78, 5) is 27.0. The van der Waals surface area contributed by atoms with Gasteiger partial charge >= 0.3 is 0 Å². The lowest BCUT2D eigenvalue weighted by Gasteiger charge is -2.41. The maximum Gasteiger partial charge on any atom is 0.227 e. The minimum absolute atomic E-state index is 0.252. The number of ether oxygens (including phenoxy) is 1. The predicted octanol–water partition coefficient (Wildman–Crippen LogP) is 3.99. The quantitative estimate of drug-likeness (QED) is 0.571. The van der Waals surface area contributed by atoms with Crippen LogP contribution < -0.4 is 4.74 Å². The molecule has 6 heteroatoms. The Morgan fingerprint density at radius 1 is 1.06 bits per heavy atom. The average molecular weight is 467 g/mol. The largest absolute Gasteiger partial charge is 0.481 e. The highest BCUT2D eigenvalue weighted by atomic mass is 16.5. The van der Waals surface area contributed by atoms with E-state index in [1.807, 2.05) is 18.3 Å². The van der Waals surface area contributed by atoms with E-state index >= 15 is 0 Å². The molecule has 0 radical (unpaired) electrons. The van der Waals surface area contributed by atoms with Gasteiger partial charge in [-0.15, -0.1) is 0 Å². The topological polar surface area (TPSA) is 58.0 Å². The van der Waals surface area contributed by atoms with Gasteiger partial charge in [0.15, 0.2) is 0 Å². The zero-order valence-corrected chi connectivity index (χ0v) is 20.1. The molecule has 0 bridgehead atoms. The van der Waals surface area contributed by atoms with Crippen molar-refractivity contribution in [3.63, 3.8) is 0 Å². The number of hydrogen-bond acceptors (Lipinski definition) is 5. The summed E-state index contributed by atoms with van der Waals surface area (Å²) in [6.45, 7) is 4.30. The van der Waals surface area contributed by atoms with Gasteiger partial charge in [0.2, 0.25) is 11.8 Å². The molecule has 1 amide bonds. The average Bonchev–Trinajstić information content (AvgIpc) is 3.30. The normalized spacial score (nSPS) is 19.8. The van der Waals surface area contributed by atoms with Crippen LogP contribution in [0.25, 0.3) is 0 Å². The molecule has 3 aromatic rings. The summed E-state index contributed by atoms with van der Waals surface area (Å²) in [6.07, 6.45) is 4.50. The molecule has 0 aliphatic carbocycles. The van der Waals surface area contributed by atoms with Gasteiger partial charge in [0, 0.05) is 49.1 Å². The van der Waals surface area contributed by atoms with Gasteiger partial charge < -0.3 is 9.64 Å². The van der Waals surface area contributed by atoms with Crippen molar-refractivity contribution in [1.29, 1.82) is 0 Å². The van der Waals surface area contributed by atoms with Gasteiger partial charge in [0.05, 0.1) is 25.8 Å². The molecule has 4 heterocycles. The fraction of sp³-hybridized carbons (Fsp3) is 0.345. The number of likely N-dealkylation sites (tertiary alicyclic amines) is 1. The molecule has 1 saturated heterocycles. The van der Waals surface area contributed by atoms with E-state index in [1.165, 1.54) is 22.3 Å². The van der Waals surface area contributed by atoms with Gasteiger partial charge in [-0.05, 0) is 53.8 Å². The zero-order valence-electron chi connectivity index (χ0n) is 20.1. The number of carbonyl (C=O) groups excluding carboxylic acids is 1. The summed E-state index contributed by atoms with van der Waals surface area (Å²) in [7, 11) is 1.62. The molecule has 6 rings (SSSR count). The van der Waals surface area contributed by atoms with Gasteiger partial charge in [0.1, 0.15) is 0 Å². The minimum atomic E-state index is 0.252. The van der Waals surface area contributed by atoms with Crippen LogP contribution >= 0.6 is 0 Å². The monoisotopic (exact) mass is 466 g/mol. The molecule has 2 aromatic carbocycles. The van der Waals surface area contributed by atoms with Crippen molar-refractivity contribution in [2.45, 2.75) is 44.9 Å². The standard InChI is InChI=1S/C29H30N4O2/c1-35-27-10-9-21(15-30-27)29-26-13-24-18-33(28(34)14-22(24)12-23(26)16-31-29)25-8-5-11-32(19-25)17-20-6-3-2-4-7-20/h2-4,6-7,9-10,12-13,15,25H,5,8,11,14,16-19H2,1H3. The van der Waals surface area contributed by atoms with Crippen LogP contribution in [0.15, 0.2) is 65.8 Å². The molecule has 0 saturated carbocycles. The van der Waals surface area contributed by atoms with Crippen molar-refractivity contribution in [1.82, 2.24) is 14.8 Å². The highest BCUT2D eigenvalue weighted by Gasteiger charge is 2.33. The van der Waals surface area contributed by atoms with Gasteiger partial charge in [0.25, 0.3) is 0 Å². The van der Waals surface area contributed by atoms with Crippen LogP contribution in [0, 0.1) is 0 Å². The lowest BCUT2D eigenvalue weighted by Crippen LogP contribution is -2.51. The van der Waals surface area contributed by atoms with E-state index in [9.17, 15) is 4.79 Å². The Labute approximate surface area is 206 Å². The number of aliphatic imine (C=N–C) groups is 1. The van der Waals surface area contributed by atoms with Crippen molar-refractivity contribution in [3.05, 3.63) is 94.2 Å². The summed E-state index contributed by atoms with van der Waals surface area (Å²) < 4.78 is 5.20. The summed E-state index contributed by atoms with van der Waals surface area (Å²) in [6, 6.07) is 19.2. The number of fused-ring (bicyclic) bond motifs is 2. The fourth-order valence-corrected chi connectivity index (χ4v) is 5.68. The lowest BCUT2D eigenvalue weighted by molar-refractivity contribution is -0.135. The van der Waals surface area contributed by atoms with Crippen LogP contribution in [-0.2, 0) is 30.8 Å². The molecule has 1 aromatic heterocycles. The van der Waals surface area contributed by atoms with Gasteiger partial charge in [-0.25, -0.2) is 4.98 Å². The van der Waals surface area contributed by atoms with E-state index in [0.29, 0.717) is 25.4 Å². The second-order valence-electron chi connectivity index (χ2n) is 9.75. The van der Waals surface area contributed by atoms with Crippen LogP contribution in [0.2, 0.25) is 0 Å². The molecule has 0 N–H and O–H groups in total. The minimum Gasteiger partial charge on any atom is -0.481 e. The summed E-state index contributed by atoms with van der Waals surface area (Å²) in [5.74, 6) is 0.850. The van der Waals surface area contributed by atoms with Gasteiger partial charge in [-0.3, -0.25) is 14.7 Å². The van der Waals surface area contributed by atoms with E-state index < -0.39 is 0 Å². The van der Waals surface area contributed by atoms with Crippen molar-refractivity contribution >= 4 is 11.6 Å². The number of pyridine rings is 1. The van der Waals surface area contributed by atoms with Gasteiger partial charge in [-0.2, -0.15) is 0 Å². The molecule has 6 nitrogen and oxygen atoms in total. The molecular weight excluding hydrogens is 436 g/mol. The zero-order chi connectivity index (χ0) is 23.8. The third kappa shape index (κ3) is 4.34. The Hall–Kier alpha value is -3.51. The van der Waals surface area contributed by atoms with Crippen molar-refractivity contribution in [3.8, 4) is 5.88 Å². The first-order valence-corrected chi connectivity index (χ1v) is 12.4. The second-order valence-corrected chi connectivity index (χ2v) is 9.75. The van der Waals surface area contributed by atoms with E-state index in [-0.39, 0.29) is 11.9 Å². The highest BCUT2D eigenvalue weighted by Crippen LogP contribution is 2.32. The van der Waals surface area contributed by atoms with E-state index in [2.05, 4.69) is 57.2 Å². The number of aromatic nitrogens is 1. The predicted molar refractivity (Wildman–Crippen MR) is 136 cm³/mol. The Morgan fingerprint density at radius 3 is 2.74 bits per heavy atom. The fourth-order valence-electron chi connectivity index (χ4n) is 5.68. The summed E-state index contributed by atoms with van der Waals surface area (Å²) >= 11 is 0. The Balaban J connectivity index is 1.21. The molecule has 1 fully saturated rings. The van der Waals surface area contributed by atoms with Gasteiger partial charge in [-0.1, -0.05) is 36.4 Å². The summed E-state index contributed by atoms with van der Waals surface area (Å²) in [5, 5.41) is 0. The summed E-state index contributed by atoms with van der Waals surface area (Å²) in [5.41, 5.74) is 8.08. The first-order valence-electron chi connectivity index (χ1n) is 12.4. The number of amides is 1. The molecule has 3 aliphatic rings. The molecule has 35 heavy (non-hydrogen) atoms. The van der Waals surface area contributed by atoms with Crippen molar-refractivity contribution in [2.24, 2.45) is 4.99 Å². The van der Waals surface area contributed by atoms with Crippen LogP contribution in [0.4, 0.5) is 0 Å². The first kappa shape index (κ1) is 22.0. The molecule has 0 spiro atoms. The third-order valence-electron chi connectivity index (χ3n) is 7.48. The van der Waals surface area contributed by atoms with E-state index in [0.717, 1.165) is 49.3 Å². The van der Waals surface area contributed by atoms with Crippen LogP contribution in [0.3, 0.4) is 0 Å². The number of piperidine rings is 1. The highest BCUT2D eigenvalue weighted by molar-refractivity contribution is 6.15. The van der Waals surface area contributed by atoms with Crippen molar-refractivity contribution < 1.29 is 9.53 Å². The molecule has 178 valence electrons. The SMILES string of the molecule is COc1ccc(C2=NCc3cc4c(cc32)CN(C2CCCN(Cc3ccccc3)C2)C(=O)C4)cn1. The lowest BCUT2D eigenvalue weighted by atomic mass is 9.90. The Morgan fingerprint density at radius 2 is 1.94 bits per heavy atom. The maximum absolute atomic E-state index is 13.2. The molecule has 1 atom stereocenters. The molecular formula is C29H30N4O2. The molecule has 3 aliphatic heterocycles. The number of nitrogens with zero attached hydrogens (tertiary/aromatic N) is 4. The van der Waals surface area contributed by atoms with Crippen molar-refractivity contribution in [2.75, 3.05) is 20.2 Å². The van der Waals surface area contributed by atoms with E-state index in [4.69, 9.17) is 9.73 Å². The third-order valence-corrected chi connectivity index (χ3v) is 7.48. The van der Waals surface area contributed by atoms with Crippen LogP contribution in [-0.4, -0.2) is 52.6 Å².